The van der Waals surface area contributed by atoms with Gasteiger partial charge in [-0.2, -0.15) is 0 Å². The summed E-state index contributed by atoms with van der Waals surface area (Å²) in [5.41, 5.74) is 0.305. The molecule has 0 amide bonds. The van der Waals surface area contributed by atoms with Crippen LogP contribution in [0, 0.1) is 0 Å². The molecule has 0 unspecified atom stereocenters. The van der Waals surface area contributed by atoms with Gasteiger partial charge in [0.2, 0.25) is 5.95 Å². The molecule has 0 aromatic carbocycles. The zero-order chi connectivity index (χ0) is 18.8. The Kier molecular flexibility index (Phi) is 5.07. The number of rotatable bonds is 4. The van der Waals surface area contributed by atoms with Gasteiger partial charge in [0.25, 0.3) is 0 Å². The summed E-state index contributed by atoms with van der Waals surface area (Å²) in [4.78, 5) is 13.8. The maximum absolute atomic E-state index is 6.21. The van der Waals surface area contributed by atoms with Crippen molar-refractivity contribution < 1.29 is 9.15 Å². The first-order chi connectivity index (χ1) is 13.8. The standard InChI is InChI=1S/C22H30N4O2/c1-2-16-27-19(5-1)20-7-6-18(28-20)17-26-13-3-8-22(26)9-14-25(15-10-22)21-23-11-4-12-24-21/h4,6-7,11-12,19H,1-3,5,8-10,13-17H2/t19-/m0/s1. The lowest BCUT2D eigenvalue weighted by Crippen LogP contribution is -2.52. The van der Waals surface area contributed by atoms with Gasteiger partial charge in [-0.15, -0.1) is 0 Å². The Bertz CT molecular complexity index is 764. The Morgan fingerprint density at radius 2 is 1.86 bits per heavy atom. The summed E-state index contributed by atoms with van der Waals surface area (Å²) in [6.45, 7) is 4.99. The highest BCUT2D eigenvalue weighted by Crippen LogP contribution is 2.40. The van der Waals surface area contributed by atoms with E-state index in [1.807, 2.05) is 18.5 Å². The van der Waals surface area contributed by atoms with Crippen molar-refractivity contribution in [1.29, 1.82) is 0 Å². The lowest BCUT2D eigenvalue weighted by Gasteiger charge is -2.44. The molecule has 2 aromatic heterocycles. The molecule has 3 aliphatic heterocycles. The van der Waals surface area contributed by atoms with Crippen molar-refractivity contribution in [2.24, 2.45) is 0 Å². The third-order valence-corrected chi connectivity index (χ3v) is 6.80. The molecule has 2 aromatic rings. The summed E-state index contributed by atoms with van der Waals surface area (Å²) in [5, 5.41) is 0. The second-order valence-corrected chi connectivity index (χ2v) is 8.44. The summed E-state index contributed by atoms with van der Waals surface area (Å²) >= 11 is 0. The van der Waals surface area contributed by atoms with E-state index in [9.17, 15) is 0 Å². The van der Waals surface area contributed by atoms with E-state index in [4.69, 9.17) is 9.15 Å². The molecule has 5 heterocycles. The van der Waals surface area contributed by atoms with E-state index in [0.29, 0.717) is 5.54 Å². The predicted octanol–water partition coefficient (Wildman–Crippen LogP) is 3.95. The summed E-state index contributed by atoms with van der Waals surface area (Å²) in [5.74, 6) is 2.96. The molecule has 3 fully saturated rings. The van der Waals surface area contributed by atoms with Crippen LogP contribution in [0.2, 0.25) is 0 Å². The Hall–Kier alpha value is -1.92. The fourth-order valence-corrected chi connectivity index (χ4v) is 5.19. The molecule has 150 valence electrons. The van der Waals surface area contributed by atoms with Crippen molar-refractivity contribution in [2.45, 2.75) is 63.1 Å². The first kappa shape index (κ1) is 18.1. The smallest absolute Gasteiger partial charge is 0.225 e. The molecule has 5 rings (SSSR count). The summed E-state index contributed by atoms with van der Waals surface area (Å²) in [7, 11) is 0. The Labute approximate surface area is 166 Å². The minimum absolute atomic E-state index is 0.157. The fraction of sp³-hybridized carbons (Fsp3) is 0.636. The van der Waals surface area contributed by atoms with Crippen molar-refractivity contribution in [3.63, 3.8) is 0 Å². The maximum atomic E-state index is 6.21. The second-order valence-electron chi connectivity index (χ2n) is 8.44. The van der Waals surface area contributed by atoms with Crippen LogP contribution in [0.15, 0.2) is 35.0 Å². The minimum Gasteiger partial charge on any atom is -0.462 e. The Morgan fingerprint density at radius 1 is 1.00 bits per heavy atom. The molecule has 0 radical (unpaired) electrons. The highest BCUT2D eigenvalue weighted by atomic mass is 16.5. The third-order valence-electron chi connectivity index (χ3n) is 6.80. The molecule has 6 heteroatoms. The number of aromatic nitrogens is 2. The van der Waals surface area contributed by atoms with Gasteiger partial charge in [0.15, 0.2) is 0 Å². The van der Waals surface area contributed by atoms with Gasteiger partial charge in [0.05, 0.1) is 6.54 Å². The molecule has 3 aliphatic rings. The van der Waals surface area contributed by atoms with Crippen LogP contribution < -0.4 is 4.90 Å². The Morgan fingerprint density at radius 3 is 2.64 bits per heavy atom. The first-order valence-corrected chi connectivity index (χ1v) is 10.8. The zero-order valence-corrected chi connectivity index (χ0v) is 16.6. The van der Waals surface area contributed by atoms with Crippen LogP contribution in [0.5, 0.6) is 0 Å². The third kappa shape index (κ3) is 3.55. The predicted molar refractivity (Wildman–Crippen MR) is 107 cm³/mol. The monoisotopic (exact) mass is 382 g/mol. The average molecular weight is 383 g/mol. The normalized spacial score (nSPS) is 25.4. The number of furan rings is 1. The van der Waals surface area contributed by atoms with E-state index in [1.165, 1.54) is 38.5 Å². The number of ether oxygens (including phenoxy) is 1. The number of hydrogen-bond donors (Lipinski definition) is 0. The van der Waals surface area contributed by atoms with E-state index in [2.05, 4.69) is 31.9 Å². The van der Waals surface area contributed by atoms with Gasteiger partial charge < -0.3 is 14.1 Å². The van der Waals surface area contributed by atoms with Crippen molar-refractivity contribution in [2.75, 3.05) is 31.1 Å². The van der Waals surface area contributed by atoms with Gasteiger partial charge in [-0.1, -0.05) is 0 Å². The van der Waals surface area contributed by atoms with Gasteiger partial charge in [-0.25, -0.2) is 9.97 Å². The molecule has 6 nitrogen and oxygen atoms in total. The van der Waals surface area contributed by atoms with Crippen molar-refractivity contribution in [3.05, 3.63) is 42.1 Å². The van der Waals surface area contributed by atoms with E-state index >= 15 is 0 Å². The van der Waals surface area contributed by atoms with Crippen LogP contribution in [-0.4, -0.2) is 46.6 Å². The molecule has 0 N–H and O–H groups in total. The number of nitrogens with zero attached hydrogens (tertiary/aromatic N) is 4. The van der Waals surface area contributed by atoms with Crippen LogP contribution in [0.4, 0.5) is 5.95 Å². The molecule has 0 bridgehead atoms. The number of likely N-dealkylation sites (tertiary alicyclic amines) is 1. The topological polar surface area (TPSA) is 54.6 Å². The summed E-state index contributed by atoms with van der Waals surface area (Å²) < 4.78 is 12.1. The quantitative estimate of drug-likeness (QED) is 0.798. The van der Waals surface area contributed by atoms with Crippen LogP contribution in [0.25, 0.3) is 0 Å². The highest BCUT2D eigenvalue weighted by Gasteiger charge is 2.43. The van der Waals surface area contributed by atoms with Crippen LogP contribution in [0.1, 0.15) is 62.6 Å². The molecule has 0 aliphatic carbocycles. The Balaban J connectivity index is 1.23. The van der Waals surface area contributed by atoms with Gasteiger partial charge in [0, 0.05) is 37.6 Å². The average Bonchev–Trinajstić information content (AvgIpc) is 3.38. The zero-order valence-electron chi connectivity index (χ0n) is 16.6. The minimum atomic E-state index is 0.157. The number of piperidine rings is 1. The van der Waals surface area contributed by atoms with Crippen LogP contribution >= 0.6 is 0 Å². The second kappa shape index (κ2) is 7.84. The molecule has 1 spiro atoms. The SMILES string of the molecule is c1cnc(N2CCC3(CCCN3Cc3ccc([C@@H]4CCCCO4)o3)CC2)nc1. The summed E-state index contributed by atoms with van der Waals surface area (Å²) in [6, 6.07) is 6.17. The van der Waals surface area contributed by atoms with E-state index in [1.54, 1.807) is 0 Å². The molecule has 1 atom stereocenters. The van der Waals surface area contributed by atoms with Gasteiger partial charge in [0.1, 0.15) is 17.6 Å². The van der Waals surface area contributed by atoms with Gasteiger partial charge >= 0.3 is 0 Å². The van der Waals surface area contributed by atoms with Crippen LogP contribution in [-0.2, 0) is 11.3 Å². The molecule has 28 heavy (non-hydrogen) atoms. The first-order valence-electron chi connectivity index (χ1n) is 10.8. The fourth-order valence-electron chi connectivity index (χ4n) is 5.19. The molecular formula is C22H30N4O2. The number of hydrogen-bond acceptors (Lipinski definition) is 6. The van der Waals surface area contributed by atoms with Crippen molar-refractivity contribution in [1.82, 2.24) is 14.9 Å². The van der Waals surface area contributed by atoms with Crippen molar-refractivity contribution in [3.8, 4) is 0 Å². The number of anilines is 1. The van der Waals surface area contributed by atoms with Gasteiger partial charge in [-0.05, 0) is 69.7 Å². The van der Waals surface area contributed by atoms with Crippen molar-refractivity contribution >= 4 is 5.95 Å². The largest absolute Gasteiger partial charge is 0.462 e. The lowest BCUT2D eigenvalue weighted by molar-refractivity contribution is 0.000272. The molecule has 3 saturated heterocycles. The van der Waals surface area contributed by atoms with Crippen LogP contribution in [0.3, 0.4) is 0 Å². The van der Waals surface area contributed by atoms with E-state index in [-0.39, 0.29) is 6.10 Å². The van der Waals surface area contributed by atoms with E-state index in [0.717, 1.165) is 56.7 Å². The summed E-state index contributed by atoms with van der Waals surface area (Å²) in [6.07, 6.45) is 12.2. The van der Waals surface area contributed by atoms with Gasteiger partial charge in [-0.3, -0.25) is 4.90 Å². The lowest BCUT2D eigenvalue weighted by atomic mass is 9.85. The highest BCUT2D eigenvalue weighted by molar-refractivity contribution is 5.30. The maximum Gasteiger partial charge on any atom is 0.225 e. The van der Waals surface area contributed by atoms with E-state index < -0.39 is 0 Å². The molecule has 0 saturated carbocycles. The molecular weight excluding hydrogens is 352 g/mol.